The van der Waals surface area contributed by atoms with Crippen LogP contribution >= 0.6 is 11.8 Å². The third-order valence-electron chi connectivity index (χ3n) is 6.45. The van der Waals surface area contributed by atoms with Gasteiger partial charge in [0.1, 0.15) is 0 Å². The molecular formula is C26H36N4O4S. The van der Waals surface area contributed by atoms with Gasteiger partial charge in [0.25, 0.3) is 5.91 Å². The molecule has 1 aromatic heterocycles. The van der Waals surface area contributed by atoms with Crippen LogP contribution in [-0.4, -0.2) is 51.6 Å². The third kappa shape index (κ3) is 8.21. The SMILES string of the molecule is CCCC[C@H](NC(=O)OCC1(CSc2ncccn2)CCC1)C(O)C(=O)N[C@H](C)c1ccccc1. The van der Waals surface area contributed by atoms with E-state index in [-0.39, 0.29) is 18.1 Å². The highest BCUT2D eigenvalue weighted by Crippen LogP contribution is 2.44. The topological polar surface area (TPSA) is 113 Å². The molecule has 1 heterocycles. The molecule has 1 aliphatic rings. The molecule has 1 fully saturated rings. The van der Waals surface area contributed by atoms with Gasteiger partial charge in [0, 0.05) is 23.6 Å². The first-order valence-corrected chi connectivity index (χ1v) is 13.3. The molecule has 190 valence electrons. The van der Waals surface area contributed by atoms with Gasteiger partial charge in [-0.25, -0.2) is 14.8 Å². The number of carbonyl (C=O) groups excluding carboxylic acids is 2. The van der Waals surface area contributed by atoms with E-state index in [4.69, 9.17) is 4.74 Å². The normalized spacial score (nSPS) is 16.9. The summed E-state index contributed by atoms with van der Waals surface area (Å²) in [5, 5.41) is 17.0. The van der Waals surface area contributed by atoms with Crippen LogP contribution in [0.1, 0.15) is 64.0 Å². The molecule has 8 nitrogen and oxygen atoms in total. The summed E-state index contributed by atoms with van der Waals surface area (Å²) in [6.45, 7) is 4.17. The molecule has 0 saturated heterocycles. The molecule has 1 saturated carbocycles. The van der Waals surface area contributed by atoms with Crippen molar-refractivity contribution < 1.29 is 19.4 Å². The van der Waals surface area contributed by atoms with Crippen LogP contribution in [0.3, 0.4) is 0 Å². The van der Waals surface area contributed by atoms with Crippen molar-refractivity contribution in [3.63, 3.8) is 0 Å². The second kappa shape index (κ2) is 13.4. The number of hydrogen-bond donors (Lipinski definition) is 3. The Morgan fingerprint density at radius 3 is 2.49 bits per heavy atom. The Morgan fingerprint density at radius 2 is 1.86 bits per heavy atom. The molecule has 1 unspecified atom stereocenters. The van der Waals surface area contributed by atoms with Crippen molar-refractivity contribution in [3.05, 3.63) is 54.4 Å². The Kier molecular flexibility index (Phi) is 10.3. The summed E-state index contributed by atoms with van der Waals surface area (Å²) in [5.74, 6) is 0.254. The predicted molar refractivity (Wildman–Crippen MR) is 136 cm³/mol. The number of alkyl carbamates (subject to hydrolysis) is 1. The van der Waals surface area contributed by atoms with E-state index in [2.05, 4.69) is 20.6 Å². The van der Waals surface area contributed by atoms with Crippen molar-refractivity contribution in [1.29, 1.82) is 0 Å². The lowest BCUT2D eigenvalue weighted by Gasteiger charge is -2.40. The minimum Gasteiger partial charge on any atom is -0.449 e. The average Bonchev–Trinajstić information content (AvgIpc) is 2.86. The van der Waals surface area contributed by atoms with Crippen LogP contribution in [0.25, 0.3) is 0 Å². The number of benzene rings is 1. The number of nitrogens with one attached hydrogen (secondary N) is 2. The number of rotatable bonds is 13. The molecule has 0 aliphatic heterocycles. The first kappa shape index (κ1) is 26.9. The van der Waals surface area contributed by atoms with Crippen molar-refractivity contribution in [2.24, 2.45) is 5.41 Å². The molecule has 0 radical (unpaired) electrons. The van der Waals surface area contributed by atoms with Crippen molar-refractivity contribution in [2.75, 3.05) is 12.4 Å². The van der Waals surface area contributed by atoms with Gasteiger partial charge in [-0.05, 0) is 37.8 Å². The van der Waals surface area contributed by atoms with E-state index in [1.165, 1.54) is 0 Å². The zero-order chi connectivity index (χ0) is 25.1. The lowest BCUT2D eigenvalue weighted by atomic mass is 9.71. The monoisotopic (exact) mass is 500 g/mol. The molecule has 1 aliphatic carbocycles. The quantitative estimate of drug-likeness (QED) is 0.278. The molecule has 0 bridgehead atoms. The van der Waals surface area contributed by atoms with E-state index in [0.29, 0.717) is 11.6 Å². The highest BCUT2D eigenvalue weighted by atomic mass is 32.2. The molecule has 1 aromatic carbocycles. The van der Waals surface area contributed by atoms with Gasteiger partial charge in [-0.1, -0.05) is 68.3 Å². The average molecular weight is 501 g/mol. The lowest BCUT2D eigenvalue weighted by Crippen LogP contribution is -2.51. The van der Waals surface area contributed by atoms with Gasteiger partial charge in [-0.2, -0.15) is 0 Å². The third-order valence-corrected chi connectivity index (χ3v) is 7.68. The molecule has 2 aromatic rings. The minimum absolute atomic E-state index is 0.0960. The zero-order valence-electron chi connectivity index (χ0n) is 20.5. The van der Waals surface area contributed by atoms with Crippen LogP contribution in [0.4, 0.5) is 4.79 Å². The molecule has 3 N–H and O–H groups in total. The number of nitrogens with zero attached hydrogens (tertiary/aromatic N) is 2. The smallest absolute Gasteiger partial charge is 0.407 e. The second-order valence-electron chi connectivity index (χ2n) is 9.23. The molecule has 35 heavy (non-hydrogen) atoms. The Balaban J connectivity index is 1.51. The standard InChI is InChI=1S/C26H36N4O4S/c1-3-4-12-21(22(31)23(32)29-19(2)20-10-6-5-7-11-20)30-25(33)34-17-26(13-8-14-26)18-35-24-27-15-9-16-28-24/h5-7,9-11,15-16,19,21-22,31H,3-4,8,12-14,17-18H2,1-2H3,(H,29,32)(H,30,33)/t19-,21+,22?/m1/s1. The van der Waals surface area contributed by atoms with Gasteiger partial charge in [0.2, 0.25) is 0 Å². The maximum atomic E-state index is 12.7. The van der Waals surface area contributed by atoms with Gasteiger partial charge >= 0.3 is 6.09 Å². The molecule has 2 amide bonds. The van der Waals surface area contributed by atoms with Crippen LogP contribution in [0.15, 0.2) is 53.9 Å². The molecule has 9 heteroatoms. The Labute approximate surface area is 211 Å². The number of hydrogen-bond acceptors (Lipinski definition) is 7. The van der Waals surface area contributed by atoms with E-state index in [1.807, 2.05) is 44.2 Å². The Bertz CT molecular complexity index is 927. The number of aliphatic hydroxyl groups is 1. The number of amides is 2. The van der Waals surface area contributed by atoms with Crippen LogP contribution in [0, 0.1) is 5.41 Å². The van der Waals surface area contributed by atoms with E-state index in [0.717, 1.165) is 43.4 Å². The summed E-state index contributed by atoms with van der Waals surface area (Å²) < 4.78 is 5.58. The number of unbranched alkanes of at least 4 members (excludes halogenated alkanes) is 1. The van der Waals surface area contributed by atoms with Gasteiger partial charge < -0.3 is 20.5 Å². The van der Waals surface area contributed by atoms with E-state index >= 15 is 0 Å². The van der Waals surface area contributed by atoms with Crippen molar-refractivity contribution >= 4 is 23.8 Å². The fourth-order valence-corrected chi connectivity index (χ4v) is 5.11. The second-order valence-corrected chi connectivity index (χ2v) is 10.2. The minimum atomic E-state index is -1.37. The number of aromatic nitrogens is 2. The van der Waals surface area contributed by atoms with E-state index in [9.17, 15) is 14.7 Å². The van der Waals surface area contributed by atoms with Crippen LogP contribution in [-0.2, 0) is 9.53 Å². The molecule has 3 rings (SSSR count). The Hall–Kier alpha value is -2.65. The molecule has 3 atom stereocenters. The summed E-state index contributed by atoms with van der Waals surface area (Å²) in [7, 11) is 0. The highest BCUT2D eigenvalue weighted by Gasteiger charge is 2.39. The largest absolute Gasteiger partial charge is 0.449 e. The van der Waals surface area contributed by atoms with Gasteiger partial charge in [-0.3, -0.25) is 4.79 Å². The van der Waals surface area contributed by atoms with E-state index in [1.54, 1.807) is 30.2 Å². The highest BCUT2D eigenvalue weighted by molar-refractivity contribution is 7.99. The Morgan fingerprint density at radius 1 is 1.14 bits per heavy atom. The summed E-state index contributed by atoms with van der Waals surface area (Å²) in [4.78, 5) is 33.9. The first-order chi connectivity index (χ1) is 16.9. The molecule has 0 spiro atoms. The van der Waals surface area contributed by atoms with E-state index < -0.39 is 24.1 Å². The molecular weight excluding hydrogens is 464 g/mol. The summed E-state index contributed by atoms with van der Waals surface area (Å²) >= 11 is 1.57. The lowest BCUT2D eigenvalue weighted by molar-refractivity contribution is -0.131. The zero-order valence-corrected chi connectivity index (χ0v) is 21.3. The van der Waals surface area contributed by atoms with Crippen LogP contribution < -0.4 is 10.6 Å². The number of carbonyl (C=O) groups is 2. The summed E-state index contributed by atoms with van der Waals surface area (Å²) in [6, 6.07) is 10.3. The maximum absolute atomic E-state index is 12.7. The summed E-state index contributed by atoms with van der Waals surface area (Å²) in [6.07, 6.45) is 6.61. The van der Waals surface area contributed by atoms with Crippen molar-refractivity contribution in [2.45, 2.75) is 75.7 Å². The predicted octanol–water partition coefficient (Wildman–Crippen LogP) is 4.26. The summed E-state index contributed by atoms with van der Waals surface area (Å²) in [5.41, 5.74) is 0.844. The van der Waals surface area contributed by atoms with Crippen molar-refractivity contribution in [1.82, 2.24) is 20.6 Å². The van der Waals surface area contributed by atoms with Gasteiger partial charge in [0.05, 0.1) is 18.7 Å². The maximum Gasteiger partial charge on any atom is 0.407 e. The number of thioether (sulfide) groups is 1. The fraction of sp³-hybridized carbons (Fsp3) is 0.538. The van der Waals surface area contributed by atoms with Gasteiger partial charge in [-0.15, -0.1) is 0 Å². The van der Waals surface area contributed by atoms with Gasteiger partial charge in [0.15, 0.2) is 11.3 Å². The number of aliphatic hydroxyl groups excluding tert-OH is 1. The van der Waals surface area contributed by atoms with Crippen molar-refractivity contribution in [3.8, 4) is 0 Å². The fourth-order valence-electron chi connectivity index (χ4n) is 4.04. The van der Waals surface area contributed by atoms with Crippen LogP contribution in [0.2, 0.25) is 0 Å². The van der Waals surface area contributed by atoms with Crippen LogP contribution in [0.5, 0.6) is 0 Å². The first-order valence-electron chi connectivity index (χ1n) is 12.3. The number of ether oxygens (including phenoxy) is 1.